The molecule has 0 bridgehead atoms. The molecule has 3 N–H and O–H groups in total. The first-order chi connectivity index (χ1) is 14.8. The minimum Gasteiger partial charge on any atom is -0.382 e. The van der Waals surface area contributed by atoms with Crippen molar-refractivity contribution in [1.29, 1.82) is 0 Å². The highest BCUT2D eigenvalue weighted by molar-refractivity contribution is 14.1. The van der Waals surface area contributed by atoms with E-state index in [0.717, 1.165) is 0 Å². The summed E-state index contributed by atoms with van der Waals surface area (Å²) in [6.07, 6.45) is 0. The van der Waals surface area contributed by atoms with Crippen molar-refractivity contribution in [2.24, 2.45) is 7.05 Å². The number of nitrogens with two attached hydrogens (primary N) is 1. The lowest BCUT2D eigenvalue weighted by Gasteiger charge is -2.21. The average molecular weight is 548 g/mol. The molecular weight excluding hydrogens is 529 g/mol. The fraction of sp³-hybridized carbons (Fsp3) is 0.136. The van der Waals surface area contributed by atoms with E-state index in [9.17, 15) is 9.59 Å². The van der Waals surface area contributed by atoms with Gasteiger partial charge in [-0.05, 0) is 59.2 Å². The van der Waals surface area contributed by atoms with E-state index in [-0.39, 0.29) is 17.3 Å². The Balaban J connectivity index is 1.86. The summed E-state index contributed by atoms with van der Waals surface area (Å²) < 4.78 is 3.76. The Labute approximate surface area is 197 Å². The summed E-state index contributed by atoms with van der Waals surface area (Å²) in [7, 11) is 1.72. The Hall–Kier alpha value is -2.85. The normalized spacial score (nSPS) is 12.1. The molecule has 0 saturated heterocycles. The first-order valence-electron chi connectivity index (χ1n) is 9.48. The lowest BCUT2D eigenvalue weighted by atomic mass is 10.1. The van der Waals surface area contributed by atoms with Gasteiger partial charge < -0.3 is 11.1 Å². The molecule has 2 aromatic heterocycles. The maximum Gasteiger partial charge on any atom is 0.264 e. The van der Waals surface area contributed by atoms with Crippen LogP contribution in [0.4, 0.5) is 5.82 Å². The van der Waals surface area contributed by atoms with Crippen LogP contribution in [0.5, 0.6) is 0 Å². The minimum absolute atomic E-state index is 0.155. The molecule has 0 spiro atoms. The molecular formula is C22H19ClIN5O2. The van der Waals surface area contributed by atoms with Crippen LogP contribution < -0.4 is 16.6 Å². The maximum absolute atomic E-state index is 13.5. The van der Waals surface area contributed by atoms with Gasteiger partial charge in [-0.3, -0.25) is 18.8 Å². The Morgan fingerprint density at radius 3 is 2.55 bits per heavy atom. The van der Waals surface area contributed by atoms with Crippen LogP contribution in [0.15, 0.2) is 59.4 Å². The highest BCUT2D eigenvalue weighted by atomic mass is 127. The van der Waals surface area contributed by atoms with Crippen LogP contribution in [0.2, 0.25) is 5.02 Å². The number of aryl methyl sites for hydroxylation is 1. The van der Waals surface area contributed by atoms with Gasteiger partial charge in [0.1, 0.15) is 9.26 Å². The Morgan fingerprint density at radius 1 is 1.19 bits per heavy atom. The molecule has 0 aliphatic carbocycles. The van der Waals surface area contributed by atoms with E-state index in [2.05, 4.69) is 10.4 Å². The highest BCUT2D eigenvalue weighted by Gasteiger charge is 2.24. The number of anilines is 1. The number of halogens is 2. The summed E-state index contributed by atoms with van der Waals surface area (Å²) in [4.78, 5) is 26.4. The summed E-state index contributed by atoms with van der Waals surface area (Å²) in [5.41, 5.74) is 7.29. The molecule has 31 heavy (non-hydrogen) atoms. The zero-order valence-corrected chi connectivity index (χ0v) is 19.7. The Kier molecular flexibility index (Phi) is 5.76. The number of fused-ring (bicyclic) bond motifs is 1. The van der Waals surface area contributed by atoms with Crippen molar-refractivity contribution < 1.29 is 4.79 Å². The number of hydrogen-bond donors (Lipinski definition) is 2. The predicted molar refractivity (Wildman–Crippen MR) is 131 cm³/mol. The maximum atomic E-state index is 13.5. The third-order valence-electron chi connectivity index (χ3n) is 5.06. The first kappa shape index (κ1) is 21.4. The fourth-order valence-electron chi connectivity index (χ4n) is 3.58. The van der Waals surface area contributed by atoms with Crippen LogP contribution in [0, 0.1) is 3.70 Å². The van der Waals surface area contributed by atoms with Gasteiger partial charge in [0.2, 0.25) is 0 Å². The number of carbonyl (C=O) groups is 1. The number of hydrogen-bond acceptors (Lipinski definition) is 4. The monoisotopic (exact) mass is 547 g/mol. The van der Waals surface area contributed by atoms with Gasteiger partial charge in [-0.1, -0.05) is 41.9 Å². The number of rotatable bonds is 4. The predicted octanol–water partition coefficient (Wildman–Crippen LogP) is 4.06. The van der Waals surface area contributed by atoms with Crippen LogP contribution in [-0.4, -0.2) is 20.3 Å². The summed E-state index contributed by atoms with van der Waals surface area (Å²) in [6.45, 7) is 1.82. The zero-order chi connectivity index (χ0) is 22.3. The molecule has 4 rings (SSSR count). The summed E-state index contributed by atoms with van der Waals surface area (Å²) in [6, 6.07) is 15.9. The van der Waals surface area contributed by atoms with E-state index < -0.39 is 6.04 Å². The van der Waals surface area contributed by atoms with Crippen molar-refractivity contribution in [2.75, 3.05) is 5.73 Å². The molecule has 0 unspecified atom stereocenters. The number of amides is 1. The molecule has 158 valence electrons. The molecule has 9 heteroatoms. The molecule has 1 amide bonds. The van der Waals surface area contributed by atoms with Gasteiger partial charge in [-0.15, -0.1) is 0 Å². The van der Waals surface area contributed by atoms with Crippen molar-refractivity contribution in [3.8, 4) is 5.69 Å². The van der Waals surface area contributed by atoms with Crippen LogP contribution in [0.25, 0.3) is 16.5 Å². The van der Waals surface area contributed by atoms with Gasteiger partial charge in [-0.2, -0.15) is 5.10 Å². The number of pyridine rings is 1. The largest absolute Gasteiger partial charge is 0.382 e. The van der Waals surface area contributed by atoms with Gasteiger partial charge in [0.05, 0.1) is 16.5 Å². The SMILES string of the molecule is C[C@H](NC(=O)c1c(N)nn(C)c1I)c1cc2cccc(Cl)c2c(=O)n1-c1ccccc1. The molecule has 2 aromatic carbocycles. The van der Waals surface area contributed by atoms with Crippen molar-refractivity contribution >= 4 is 56.7 Å². The van der Waals surface area contributed by atoms with Gasteiger partial charge in [0.25, 0.3) is 11.5 Å². The van der Waals surface area contributed by atoms with E-state index in [4.69, 9.17) is 17.3 Å². The summed E-state index contributed by atoms with van der Waals surface area (Å²) in [5.74, 6) is -0.205. The van der Waals surface area contributed by atoms with E-state index in [1.54, 1.807) is 28.4 Å². The number of aromatic nitrogens is 3. The number of nitrogen functional groups attached to an aromatic ring is 1. The first-order valence-corrected chi connectivity index (χ1v) is 10.9. The second kappa shape index (κ2) is 8.35. The van der Waals surface area contributed by atoms with E-state index in [0.29, 0.717) is 36.4 Å². The third kappa shape index (κ3) is 3.81. The molecule has 2 heterocycles. The van der Waals surface area contributed by atoms with Gasteiger partial charge >= 0.3 is 0 Å². The van der Waals surface area contributed by atoms with Crippen LogP contribution in [0.1, 0.15) is 29.0 Å². The van der Waals surface area contributed by atoms with Gasteiger partial charge in [-0.25, -0.2) is 0 Å². The van der Waals surface area contributed by atoms with Crippen molar-refractivity contribution in [2.45, 2.75) is 13.0 Å². The number of nitrogens with zero attached hydrogens (tertiary/aromatic N) is 3. The number of nitrogens with one attached hydrogen (secondary N) is 1. The van der Waals surface area contributed by atoms with Crippen molar-refractivity contribution in [1.82, 2.24) is 19.7 Å². The molecule has 0 fully saturated rings. The molecule has 0 aliphatic rings. The highest BCUT2D eigenvalue weighted by Crippen LogP contribution is 2.26. The molecule has 7 nitrogen and oxygen atoms in total. The minimum atomic E-state index is -0.501. The molecule has 4 aromatic rings. The average Bonchev–Trinajstić information content (AvgIpc) is 2.99. The van der Waals surface area contributed by atoms with Crippen molar-refractivity contribution in [3.63, 3.8) is 0 Å². The van der Waals surface area contributed by atoms with Gasteiger partial charge in [0.15, 0.2) is 5.82 Å². The van der Waals surface area contributed by atoms with Crippen LogP contribution in [-0.2, 0) is 7.05 Å². The zero-order valence-electron chi connectivity index (χ0n) is 16.8. The van der Waals surface area contributed by atoms with Crippen LogP contribution >= 0.6 is 34.2 Å². The number of para-hydroxylation sites is 1. The van der Waals surface area contributed by atoms with E-state index in [1.165, 1.54) is 0 Å². The van der Waals surface area contributed by atoms with Gasteiger partial charge in [0, 0.05) is 18.4 Å². The fourth-order valence-corrected chi connectivity index (χ4v) is 4.47. The van der Waals surface area contributed by atoms with Crippen molar-refractivity contribution in [3.05, 3.63) is 84.9 Å². The number of carbonyl (C=O) groups excluding carboxylic acids is 1. The quantitative estimate of drug-likeness (QED) is 0.377. The standard InChI is InChI=1S/C22H19ClIN5O2/c1-12(26-21(30)18-19(24)28(2)27-20(18)25)16-11-13-7-6-10-15(23)17(13)22(31)29(16)14-8-4-3-5-9-14/h3-12H,1-2H3,(H2,25,27)(H,26,30)/t12-/m0/s1. The second-order valence-electron chi connectivity index (χ2n) is 7.12. The third-order valence-corrected chi connectivity index (χ3v) is 6.61. The number of benzene rings is 2. The Bertz CT molecular complexity index is 1360. The topological polar surface area (TPSA) is 94.9 Å². The molecule has 0 saturated carbocycles. The summed E-state index contributed by atoms with van der Waals surface area (Å²) >= 11 is 8.38. The van der Waals surface area contributed by atoms with E-state index in [1.807, 2.05) is 72.0 Å². The molecule has 1 atom stereocenters. The lowest BCUT2D eigenvalue weighted by Crippen LogP contribution is -2.32. The van der Waals surface area contributed by atoms with E-state index >= 15 is 0 Å². The lowest BCUT2D eigenvalue weighted by molar-refractivity contribution is 0.0938. The van der Waals surface area contributed by atoms with Crippen LogP contribution in [0.3, 0.4) is 0 Å². The molecule has 0 aliphatic heterocycles. The summed E-state index contributed by atoms with van der Waals surface area (Å²) in [5, 5.41) is 8.57. The smallest absolute Gasteiger partial charge is 0.264 e. The Morgan fingerprint density at radius 2 is 1.90 bits per heavy atom. The molecule has 0 radical (unpaired) electrons. The second-order valence-corrected chi connectivity index (χ2v) is 8.55.